The fourth-order valence-corrected chi connectivity index (χ4v) is 7.93. The molecule has 3 heteroatoms. The van der Waals surface area contributed by atoms with Crippen LogP contribution in [-0.4, -0.2) is 11.6 Å². The molecule has 4 fully saturated rings. The Labute approximate surface area is 149 Å². The fourth-order valence-electron chi connectivity index (χ4n) is 7.37. The summed E-state index contributed by atoms with van der Waals surface area (Å²) in [5.41, 5.74) is 2.27. The summed E-state index contributed by atoms with van der Waals surface area (Å²) in [4.78, 5) is 25.8. The molecule has 0 N–H and O–H groups in total. The minimum absolute atomic E-state index is 0.0582. The molecule has 1 unspecified atom stereocenters. The van der Waals surface area contributed by atoms with Crippen LogP contribution in [0.1, 0.15) is 52.4 Å². The van der Waals surface area contributed by atoms with Crippen LogP contribution >= 0.6 is 12.6 Å². The molecule has 0 bridgehead atoms. The van der Waals surface area contributed by atoms with Crippen molar-refractivity contribution in [3.05, 3.63) is 22.6 Å². The van der Waals surface area contributed by atoms with Crippen LogP contribution in [-0.2, 0) is 9.59 Å². The van der Waals surface area contributed by atoms with Crippen molar-refractivity contribution < 1.29 is 9.59 Å². The normalized spacial score (nSPS) is 52.6. The number of carbonyl (C=O) groups excluding carboxylic acids is 2. The van der Waals surface area contributed by atoms with Crippen LogP contribution in [0.5, 0.6) is 0 Å². The lowest BCUT2D eigenvalue weighted by Gasteiger charge is -2.57. The van der Waals surface area contributed by atoms with Crippen molar-refractivity contribution in [3.8, 4) is 0 Å². The first kappa shape index (κ1) is 15.4. The Morgan fingerprint density at radius 1 is 1.12 bits per heavy atom. The monoisotopic (exact) mass is 342 g/mol. The first-order valence-corrected chi connectivity index (χ1v) is 9.94. The molecule has 128 valence electrons. The van der Waals surface area contributed by atoms with E-state index in [4.69, 9.17) is 0 Å². The molecule has 0 aromatic carbocycles. The second-order valence-corrected chi connectivity index (χ2v) is 9.87. The summed E-state index contributed by atoms with van der Waals surface area (Å²) in [6, 6.07) is 0. The molecule has 7 atom stereocenters. The Bertz CT molecular complexity index is 734. The lowest BCUT2D eigenvalue weighted by Crippen LogP contribution is -2.52. The number of ketones is 2. The third-order valence-corrected chi connectivity index (χ3v) is 9.10. The van der Waals surface area contributed by atoms with Crippen LogP contribution in [0, 0.1) is 40.4 Å². The van der Waals surface area contributed by atoms with Crippen molar-refractivity contribution in [3.63, 3.8) is 0 Å². The van der Waals surface area contributed by atoms with E-state index in [1.165, 1.54) is 5.57 Å². The molecule has 5 aliphatic carbocycles. The van der Waals surface area contributed by atoms with Crippen LogP contribution in [0.4, 0.5) is 0 Å². The summed E-state index contributed by atoms with van der Waals surface area (Å²) in [5, 5.41) is 0. The topological polar surface area (TPSA) is 34.1 Å². The van der Waals surface area contributed by atoms with Crippen molar-refractivity contribution >= 4 is 24.2 Å². The van der Waals surface area contributed by atoms with Crippen LogP contribution in [0.2, 0.25) is 0 Å². The quantitative estimate of drug-likeness (QED) is 0.663. The number of hydrogen-bond donors (Lipinski definition) is 1. The summed E-state index contributed by atoms with van der Waals surface area (Å²) in [7, 11) is 0. The summed E-state index contributed by atoms with van der Waals surface area (Å²) in [6.07, 6.45) is 5.95. The van der Waals surface area contributed by atoms with Crippen molar-refractivity contribution in [2.75, 3.05) is 0 Å². The van der Waals surface area contributed by atoms with Gasteiger partial charge in [-0.2, -0.15) is 0 Å². The maximum absolute atomic E-state index is 12.5. The van der Waals surface area contributed by atoms with Gasteiger partial charge in [-0.3, -0.25) is 9.59 Å². The molecule has 5 rings (SSSR count). The molecule has 2 nitrogen and oxygen atoms in total. The van der Waals surface area contributed by atoms with Crippen molar-refractivity contribution in [1.82, 2.24) is 0 Å². The molecule has 24 heavy (non-hydrogen) atoms. The zero-order valence-corrected chi connectivity index (χ0v) is 15.5. The largest absolute Gasteiger partial charge is 0.299 e. The zero-order chi connectivity index (χ0) is 17.0. The highest BCUT2D eigenvalue weighted by Gasteiger charge is 2.67. The number of Topliss-reactive ketones (excluding diaryl/α,β-unsaturated/α-hetero) is 2. The average Bonchev–Trinajstić information content (AvgIpc) is 3.27. The van der Waals surface area contributed by atoms with Crippen molar-refractivity contribution in [1.29, 1.82) is 0 Å². The highest BCUT2D eigenvalue weighted by Crippen LogP contribution is 2.72. The predicted molar refractivity (Wildman–Crippen MR) is 96.5 cm³/mol. The SMILES string of the molecule is C=C1C[C@H]2[C@@H]3CCC(=O)[C@@]3(C)CC[C@@H]2[C@]2(C)C1=C(S)C(=O)[C@H]1CC12. The van der Waals surface area contributed by atoms with Gasteiger partial charge in [-0.25, -0.2) is 0 Å². The van der Waals surface area contributed by atoms with Crippen LogP contribution < -0.4 is 0 Å². The molecular weight excluding hydrogens is 316 g/mol. The molecule has 0 amide bonds. The molecule has 0 heterocycles. The van der Waals surface area contributed by atoms with E-state index in [2.05, 4.69) is 33.1 Å². The molecule has 4 saturated carbocycles. The Balaban J connectivity index is 1.63. The summed E-state index contributed by atoms with van der Waals surface area (Å²) >= 11 is 4.66. The maximum atomic E-state index is 12.5. The summed E-state index contributed by atoms with van der Waals surface area (Å²) < 4.78 is 0. The van der Waals surface area contributed by atoms with Crippen LogP contribution in [0.15, 0.2) is 22.6 Å². The van der Waals surface area contributed by atoms with Crippen molar-refractivity contribution in [2.24, 2.45) is 40.4 Å². The Morgan fingerprint density at radius 3 is 2.62 bits per heavy atom. The van der Waals surface area contributed by atoms with Crippen molar-refractivity contribution in [2.45, 2.75) is 52.4 Å². The number of allylic oxidation sites excluding steroid dienone is 2. The lowest BCUT2D eigenvalue weighted by atomic mass is 9.46. The van der Waals surface area contributed by atoms with Gasteiger partial charge in [0.1, 0.15) is 5.78 Å². The number of rotatable bonds is 0. The zero-order valence-electron chi connectivity index (χ0n) is 14.6. The highest BCUT2D eigenvalue weighted by molar-refractivity contribution is 7.85. The first-order chi connectivity index (χ1) is 11.3. The van der Waals surface area contributed by atoms with E-state index in [9.17, 15) is 9.59 Å². The van der Waals surface area contributed by atoms with Gasteiger partial charge in [-0.1, -0.05) is 20.4 Å². The molecule has 0 aliphatic heterocycles. The average molecular weight is 343 g/mol. The predicted octanol–water partition coefficient (Wildman–Crippen LogP) is 4.37. The first-order valence-electron chi connectivity index (χ1n) is 9.49. The summed E-state index contributed by atoms with van der Waals surface area (Å²) in [5.74, 6) is 3.10. The Kier molecular flexibility index (Phi) is 2.87. The van der Waals surface area contributed by atoms with Gasteiger partial charge in [0.15, 0.2) is 5.78 Å². The van der Waals surface area contributed by atoms with E-state index in [-0.39, 0.29) is 22.5 Å². The van der Waals surface area contributed by atoms with Gasteiger partial charge in [0.2, 0.25) is 0 Å². The standard InChI is InChI=1S/C21H26O2S/c1-10-8-11-13-4-5-16(22)20(13,2)7-6-14(11)21(3)15-9-12(15)18(23)19(24)17(10)21/h11-15,24H,1,4-9H2,2-3H3/t11-,12-,13-,14-,15?,20-,21-/m0/s1. The number of carbonyl (C=O) groups is 2. The van der Waals surface area contributed by atoms with E-state index in [0.29, 0.717) is 34.4 Å². The van der Waals surface area contributed by atoms with E-state index in [1.807, 2.05) is 0 Å². The van der Waals surface area contributed by atoms with E-state index in [1.54, 1.807) is 0 Å². The number of thiol groups is 1. The molecule has 0 radical (unpaired) electrons. The van der Waals surface area contributed by atoms with Gasteiger partial charge in [0.05, 0.1) is 4.91 Å². The van der Waals surface area contributed by atoms with Gasteiger partial charge >= 0.3 is 0 Å². The molecular formula is C21H26O2S. The molecule has 0 spiro atoms. The van der Waals surface area contributed by atoms with Gasteiger partial charge in [-0.05, 0) is 66.9 Å². The third kappa shape index (κ3) is 1.57. The third-order valence-electron chi connectivity index (χ3n) is 8.66. The second kappa shape index (κ2) is 4.47. The smallest absolute Gasteiger partial charge is 0.172 e. The van der Waals surface area contributed by atoms with E-state index < -0.39 is 0 Å². The Morgan fingerprint density at radius 2 is 1.88 bits per heavy atom. The minimum atomic E-state index is -0.101. The summed E-state index contributed by atoms with van der Waals surface area (Å²) in [6.45, 7) is 8.99. The van der Waals surface area contributed by atoms with Gasteiger partial charge < -0.3 is 0 Å². The molecule has 5 aliphatic rings. The number of hydrogen-bond acceptors (Lipinski definition) is 3. The molecule has 0 aromatic heterocycles. The second-order valence-electron chi connectivity index (χ2n) is 9.42. The van der Waals surface area contributed by atoms with Crippen LogP contribution in [0.3, 0.4) is 0 Å². The maximum Gasteiger partial charge on any atom is 0.172 e. The van der Waals surface area contributed by atoms with Crippen LogP contribution in [0.25, 0.3) is 0 Å². The molecule has 0 aromatic rings. The number of fused-ring (bicyclic) bond motifs is 7. The van der Waals surface area contributed by atoms with E-state index >= 15 is 0 Å². The van der Waals surface area contributed by atoms with E-state index in [0.717, 1.165) is 44.1 Å². The van der Waals surface area contributed by atoms with Gasteiger partial charge in [0, 0.05) is 23.2 Å². The fraction of sp³-hybridized carbons (Fsp3) is 0.714. The highest BCUT2D eigenvalue weighted by atomic mass is 32.1. The Hall–Kier alpha value is -0.830. The minimum Gasteiger partial charge on any atom is -0.299 e. The van der Waals surface area contributed by atoms with Gasteiger partial charge in [-0.15, -0.1) is 12.6 Å². The van der Waals surface area contributed by atoms with Gasteiger partial charge in [0.25, 0.3) is 0 Å². The molecule has 0 saturated heterocycles. The lowest BCUT2D eigenvalue weighted by molar-refractivity contribution is -0.132.